The third-order valence-electron chi connectivity index (χ3n) is 5.62. The molecule has 0 spiro atoms. The van der Waals surface area contributed by atoms with E-state index in [2.05, 4.69) is 27.7 Å². The van der Waals surface area contributed by atoms with Crippen molar-refractivity contribution in [1.82, 2.24) is 0 Å². The van der Waals surface area contributed by atoms with E-state index in [1.807, 2.05) is 0 Å². The van der Waals surface area contributed by atoms with Gasteiger partial charge in [-0.3, -0.25) is 0 Å². The summed E-state index contributed by atoms with van der Waals surface area (Å²) in [5, 5.41) is 0. The molecule has 1 aromatic carbocycles. The Morgan fingerprint density at radius 1 is 0.700 bits per heavy atom. The molecule has 1 rings (SSSR count). The summed E-state index contributed by atoms with van der Waals surface area (Å²) in [6.45, 7) is 9.65. The monoisotopic (exact) mass is 418 g/mol. The van der Waals surface area contributed by atoms with E-state index in [-0.39, 0.29) is 11.1 Å². The minimum Gasteiger partial charge on any atom is -0.462 e. The van der Waals surface area contributed by atoms with Crippen molar-refractivity contribution in [1.29, 1.82) is 0 Å². The standard InChI is InChI=1S/C26H42O4/c1-5-7-13-21(3)15-11-19-29-25(27)23-17-9-10-18-24(23)26(28)30-20-12-16-22(4)14-8-6-2/h9-10,17-18,21-22H,5-8,11-16,19-20H2,1-4H3. The number of hydrogen-bond acceptors (Lipinski definition) is 4. The number of rotatable bonds is 16. The predicted octanol–water partition coefficient (Wildman–Crippen LogP) is 7.21. The van der Waals surface area contributed by atoms with Gasteiger partial charge >= 0.3 is 11.9 Å². The van der Waals surface area contributed by atoms with Crippen LogP contribution in [0.2, 0.25) is 0 Å². The highest BCUT2D eigenvalue weighted by atomic mass is 16.5. The van der Waals surface area contributed by atoms with Crippen molar-refractivity contribution < 1.29 is 19.1 Å². The Kier molecular flexibility index (Phi) is 13.9. The molecule has 0 heterocycles. The Balaban J connectivity index is 2.42. The van der Waals surface area contributed by atoms with E-state index in [0.717, 1.165) is 25.7 Å². The zero-order chi connectivity index (χ0) is 22.2. The molecule has 0 fully saturated rings. The summed E-state index contributed by atoms with van der Waals surface area (Å²) in [4.78, 5) is 25.0. The van der Waals surface area contributed by atoms with Crippen molar-refractivity contribution in [3.8, 4) is 0 Å². The maximum Gasteiger partial charge on any atom is 0.339 e. The first-order valence-corrected chi connectivity index (χ1v) is 11.9. The van der Waals surface area contributed by atoms with Gasteiger partial charge in [-0.15, -0.1) is 0 Å². The molecule has 4 heteroatoms. The number of hydrogen-bond donors (Lipinski definition) is 0. The summed E-state index contributed by atoms with van der Waals surface area (Å²) in [6.07, 6.45) is 11.1. The lowest BCUT2D eigenvalue weighted by atomic mass is 9.99. The molecular weight excluding hydrogens is 376 g/mol. The lowest BCUT2D eigenvalue weighted by molar-refractivity contribution is 0.0446. The van der Waals surface area contributed by atoms with E-state index in [1.165, 1.54) is 38.5 Å². The Morgan fingerprint density at radius 3 is 1.43 bits per heavy atom. The van der Waals surface area contributed by atoms with Gasteiger partial charge in [-0.05, 0) is 49.7 Å². The molecule has 0 radical (unpaired) electrons. The summed E-state index contributed by atoms with van der Waals surface area (Å²) in [6, 6.07) is 6.76. The first-order valence-electron chi connectivity index (χ1n) is 11.9. The van der Waals surface area contributed by atoms with Crippen LogP contribution in [0.4, 0.5) is 0 Å². The summed E-state index contributed by atoms with van der Waals surface area (Å²) in [7, 11) is 0. The zero-order valence-corrected chi connectivity index (χ0v) is 19.6. The fourth-order valence-electron chi connectivity index (χ4n) is 3.58. The van der Waals surface area contributed by atoms with Crippen molar-refractivity contribution in [3.63, 3.8) is 0 Å². The lowest BCUT2D eigenvalue weighted by Crippen LogP contribution is -2.15. The molecule has 0 N–H and O–H groups in total. The molecule has 0 aliphatic heterocycles. The average Bonchev–Trinajstić information content (AvgIpc) is 2.76. The van der Waals surface area contributed by atoms with Gasteiger partial charge in [-0.25, -0.2) is 9.59 Å². The molecule has 0 amide bonds. The predicted molar refractivity (Wildman–Crippen MR) is 123 cm³/mol. The second-order valence-electron chi connectivity index (χ2n) is 8.60. The highest BCUT2D eigenvalue weighted by Gasteiger charge is 2.19. The Morgan fingerprint density at radius 2 is 1.07 bits per heavy atom. The first kappa shape index (κ1) is 26.2. The van der Waals surface area contributed by atoms with Crippen LogP contribution in [-0.4, -0.2) is 25.2 Å². The van der Waals surface area contributed by atoms with Crippen molar-refractivity contribution in [2.75, 3.05) is 13.2 Å². The van der Waals surface area contributed by atoms with E-state index in [0.29, 0.717) is 25.0 Å². The van der Waals surface area contributed by atoms with E-state index < -0.39 is 11.9 Å². The van der Waals surface area contributed by atoms with E-state index in [4.69, 9.17) is 9.47 Å². The van der Waals surface area contributed by atoms with Gasteiger partial charge in [0.25, 0.3) is 0 Å². The van der Waals surface area contributed by atoms with Crippen LogP contribution in [0, 0.1) is 11.8 Å². The molecule has 0 aliphatic rings. The number of carbonyl (C=O) groups excluding carboxylic acids is 2. The topological polar surface area (TPSA) is 52.6 Å². The van der Waals surface area contributed by atoms with Gasteiger partial charge in [0, 0.05) is 0 Å². The third-order valence-corrected chi connectivity index (χ3v) is 5.62. The van der Waals surface area contributed by atoms with E-state index in [1.54, 1.807) is 24.3 Å². The van der Waals surface area contributed by atoms with E-state index in [9.17, 15) is 9.59 Å². The van der Waals surface area contributed by atoms with Crippen LogP contribution in [0.15, 0.2) is 24.3 Å². The molecule has 4 nitrogen and oxygen atoms in total. The molecule has 0 aromatic heterocycles. The van der Waals surface area contributed by atoms with Gasteiger partial charge in [0.2, 0.25) is 0 Å². The number of benzene rings is 1. The number of carbonyl (C=O) groups is 2. The van der Waals surface area contributed by atoms with Crippen molar-refractivity contribution in [3.05, 3.63) is 35.4 Å². The SMILES string of the molecule is CCCCC(C)CCCOC(=O)c1ccccc1C(=O)OCCCC(C)CCCC. The maximum atomic E-state index is 12.5. The fraction of sp³-hybridized carbons (Fsp3) is 0.692. The Hall–Kier alpha value is -1.84. The van der Waals surface area contributed by atoms with Gasteiger partial charge in [0.15, 0.2) is 0 Å². The summed E-state index contributed by atoms with van der Waals surface area (Å²) in [5.41, 5.74) is 0.579. The Bertz CT molecular complexity index is 558. The van der Waals surface area contributed by atoms with Gasteiger partial charge in [0.05, 0.1) is 24.3 Å². The molecule has 0 saturated carbocycles. The van der Waals surface area contributed by atoms with Crippen LogP contribution in [0.1, 0.15) is 113 Å². The van der Waals surface area contributed by atoms with Crippen LogP contribution in [0.3, 0.4) is 0 Å². The molecule has 30 heavy (non-hydrogen) atoms. The summed E-state index contributed by atoms with van der Waals surface area (Å²) < 4.78 is 10.8. The number of ether oxygens (including phenoxy) is 2. The smallest absolute Gasteiger partial charge is 0.339 e. The second-order valence-corrected chi connectivity index (χ2v) is 8.60. The largest absolute Gasteiger partial charge is 0.462 e. The van der Waals surface area contributed by atoms with Crippen molar-refractivity contribution in [2.24, 2.45) is 11.8 Å². The highest BCUT2D eigenvalue weighted by molar-refractivity contribution is 6.03. The van der Waals surface area contributed by atoms with E-state index >= 15 is 0 Å². The molecule has 2 atom stereocenters. The van der Waals surface area contributed by atoms with Crippen LogP contribution < -0.4 is 0 Å². The van der Waals surface area contributed by atoms with Gasteiger partial charge in [0.1, 0.15) is 0 Å². The average molecular weight is 419 g/mol. The quantitative estimate of drug-likeness (QED) is 0.210. The van der Waals surface area contributed by atoms with Gasteiger partial charge in [-0.2, -0.15) is 0 Å². The minimum atomic E-state index is -0.447. The normalized spacial score (nSPS) is 12.9. The zero-order valence-electron chi connectivity index (χ0n) is 19.6. The van der Waals surface area contributed by atoms with Crippen molar-refractivity contribution in [2.45, 2.75) is 91.9 Å². The molecular formula is C26H42O4. The summed E-state index contributed by atoms with van der Waals surface area (Å²) >= 11 is 0. The van der Waals surface area contributed by atoms with Gasteiger partial charge < -0.3 is 9.47 Å². The highest BCUT2D eigenvalue weighted by Crippen LogP contribution is 2.17. The maximum absolute atomic E-state index is 12.5. The molecule has 0 aliphatic carbocycles. The lowest BCUT2D eigenvalue weighted by Gasteiger charge is -2.13. The first-order chi connectivity index (χ1) is 14.5. The molecule has 2 unspecified atom stereocenters. The van der Waals surface area contributed by atoms with Crippen LogP contribution in [-0.2, 0) is 9.47 Å². The van der Waals surface area contributed by atoms with Gasteiger partial charge in [-0.1, -0.05) is 78.4 Å². The molecule has 170 valence electrons. The summed E-state index contributed by atoms with van der Waals surface area (Å²) in [5.74, 6) is 0.403. The van der Waals surface area contributed by atoms with Crippen molar-refractivity contribution >= 4 is 11.9 Å². The molecule has 0 bridgehead atoms. The molecule has 0 saturated heterocycles. The third kappa shape index (κ3) is 10.8. The van der Waals surface area contributed by atoms with Crippen LogP contribution in [0.25, 0.3) is 0 Å². The number of esters is 2. The fourth-order valence-corrected chi connectivity index (χ4v) is 3.58. The number of unbranched alkanes of at least 4 members (excludes halogenated alkanes) is 2. The minimum absolute atomic E-state index is 0.290. The molecule has 1 aromatic rings. The van der Waals surface area contributed by atoms with Crippen LogP contribution >= 0.6 is 0 Å². The van der Waals surface area contributed by atoms with Crippen LogP contribution in [0.5, 0.6) is 0 Å². The second kappa shape index (κ2) is 15.9. The Labute approximate surface area is 183 Å².